The van der Waals surface area contributed by atoms with E-state index in [2.05, 4.69) is 10.6 Å². The van der Waals surface area contributed by atoms with Crippen molar-refractivity contribution < 1.29 is 22.7 Å². The summed E-state index contributed by atoms with van der Waals surface area (Å²) in [6, 6.07) is 3.12. The SMILES string of the molecule is CCC1Oc2cc(S(=O)(=O)N3CCCC(C(=O)NC(C)(C)CC)C3)c(C)cc2NC1=O. The average molecular weight is 452 g/mol. The molecule has 0 radical (unpaired) electrons. The molecule has 2 N–H and O–H groups in total. The summed E-state index contributed by atoms with van der Waals surface area (Å²) in [5.74, 6) is -0.366. The van der Waals surface area contributed by atoms with Crippen LogP contribution in [0.25, 0.3) is 0 Å². The van der Waals surface area contributed by atoms with Crippen molar-refractivity contribution in [1.29, 1.82) is 0 Å². The first-order chi connectivity index (χ1) is 14.5. The van der Waals surface area contributed by atoms with Crippen LogP contribution in [0.2, 0.25) is 0 Å². The van der Waals surface area contributed by atoms with Gasteiger partial charge in [-0.05, 0) is 58.1 Å². The van der Waals surface area contributed by atoms with Crippen LogP contribution in [0, 0.1) is 12.8 Å². The highest BCUT2D eigenvalue weighted by Crippen LogP contribution is 2.36. The maximum absolute atomic E-state index is 13.5. The van der Waals surface area contributed by atoms with Crippen LogP contribution in [0.1, 0.15) is 58.9 Å². The summed E-state index contributed by atoms with van der Waals surface area (Å²) in [6.45, 7) is 9.98. The Morgan fingerprint density at radius 1 is 1.32 bits per heavy atom. The summed E-state index contributed by atoms with van der Waals surface area (Å²) in [6.07, 6.45) is 1.91. The molecule has 0 saturated carbocycles. The molecule has 1 aromatic carbocycles. The second-order valence-corrected chi connectivity index (χ2v) is 11.0. The topological polar surface area (TPSA) is 105 Å². The average Bonchev–Trinajstić information content (AvgIpc) is 2.72. The molecule has 8 nitrogen and oxygen atoms in total. The van der Waals surface area contributed by atoms with Crippen molar-refractivity contribution in [3.63, 3.8) is 0 Å². The predicted molar refractivity (Wildman–Crippen MR) is 119 cm³/mol. The van der Waals surface area contributed by atoms with Crippen LogP contribution >= 0.6 is 0 Å². The Morgan fingerprint density at radius 3 is 2.68 bits per heavy atom. The lowest BCUT2D eigenvalue weighted by Crippen LogP contribution is -2.50. The van der Waals surface area contributed by atoms with E-state index in [9.17, 15) is 18.0 Å². The van der Waals surface area contributed by atoms with Crippen molar-refractivity contribution in [2.45, 2.75) is 76.8 Å². The van der Waals surface area contributed by atoms with Crippen LogP contribution in [0.15, 0.2) is 17.0 Å². The fourth-order valence-corrected chi connectivity index (χ4v) is 5.61. The maximum atomic E-state index is 13.5. The van der Waals surface area contributed by atoms with Gasteiger partial charge in [-0.15, -0.1) is 0 Å². The van der Waals surface area contributed by atoms with Gasteiger partial charge in [0.05, 0.1) is 16.5 Å². The fourth-order valence-electron chi connectivity index (χ4n) is 3.87. The minimum atomic E-state index is -3.82. The molecule has 31 heavy (non-hydrogen) atoms. The first-order valence-electron chi connectivity index (χ1n) is 10.9. The van der Waals surface area contributed by atoms with Gasteiger partial charge in [0.15, 0.2) is 6.10 Å². The molecule has 0 aromatic heterocycles. The third kappa shape index (κ3) is 4.87. The number of hydrogen-bond acceptors (Lipinski definition) is 5. The van der Waals surface area contributed by atoms with E-state index in [4.69, 9.17) is 4.74 Å². The molecule has 2 aliphatic rings. The van der Waals surface area contributed by atoms with Crippen LogP contribution < -0.4 is 15.4 Å². The van der Waals surface area contributed by atoms with Crippen LogP contribution in [-0.2, 0) is 19.6 Å². The molecule has 2 aliphatic heterocycles. The van der Waals surface area contributed by atoms with E-state index in [0.29, 0.717) is 42.8 Å². The van der Waals surface area contributed by atoms with Crippen LogP contribution in [0.5, 0.6) is 5.75 Å². The zero-order valence-electron chi connectivity index (χ0n) is 18.9. The molecular weight excluding hydrogens is 418 g/mol. The monoisotopic (exact) mass is 451 g/mol. The smallest absolute Gasteiger partial charge is 0.265 e. The number of fused-ring (bicyclic) bond motifs is 1. The molecule has 0 aliphatic carbocycles. The Hall–Kier alpha value is -2.13. The van der Waals surface area contributed by atoms with Gasteiger partial charge in [-0.3, -0.25) is 9.59 Å². The first kappa shape index (κ1) is 23.5. The van der Waals surface area contributed by atoms with Crippen LogP contribution in [0.4, 0.5) is 5.69 Å². The molecule has 9 heteroatoms. The van der Waals surface area contributed by atoms with E-state index in [1.807, 2.05) is 27.7 Å². The quantitative estimate of drug-likeness (QED) is 0.692. The molecule has 2 heterocycles. The zero-order valence-corrected chi connectivity index (χ0v) is 19.8. The van der Waals surface area contributed by atoms with Gasteiger partial charge in [0.2, 0.25) is 15.9 Å². The molecule has 172 valence electrons. The Bertz CT molecular complexity index is 974. The summed E-state index contributed by atoms with van der Waals surface area (Å²) in [7, 11) is -3.82. The van der Waals surface area contributed by atoms with Crippen molar-refractivity contribution in [3.05, 3.63) is 17.7 Å². The number of rotatable bonds is 6. The number of amides is 2. The zero-order chi connectivity index (χ0) is 23.0. The molecule has 1 saturated heterocycles. The van der Waals surface area contributed by atoms with Crippen molar-refractivity contribution in [1.82, 2.24) is 9.62 Å². The summed E-state index contributed by atoms with van der Waals surface area (Å²) >= 11 is 0. The fraction of sp³-hybridized carbons (Fsp3) is 0.636. The number of carbonyl (C=O) groups is 2. The van der Waals surface area contributed by atoms with Gasteiger partial charge in [-0.1, -0.05) is 13.8 Å². The van der Waals surface area contributed by atoms with E-state index < -0.39 is 16.1 Å². The summed E-state index contributed by atoms with van der Waals surface area (Å²) in [5, 5.41) is 5.82. The molecule has 2 amide bonds. The highest BCUT2D eigenvalue weighted by molar-refractivity contribution is 7.89. The second-order valence-electron chi connectivity index (χ2n) is 9.05. The number of nitrogens with zero attached hydrogens (tertiary/aromatic N) is 1. The van der Waals surface area contributed by atoms with Gasteiger partial charge in [0.1, 0.15) is 5.75 Å². The Kier molecular flexibility index (Phi) is 6.67. The van der Waals surface area contributed by atoms with Gasteiger partial charge >= 0.3 is 0 Å². The Balaban J connectivity index is 1.84. The van der Waals surface area contributed by atoms with Crippen molar-refractivity contribution in [2.75, 3.05) is 18.4 Å². The Morgan fingerprint density at radius 2 is 2.03 bits per heavy atom. The van der Waals surface area contributed by atoms with Crippen molar-refractivity contribution >= 4 is 27.5 Å². The molecule has 2 unspecified atom stereocenters. The third-order valence-corrected chi connectivity index (χ3v) is 8.19. The van der Waals surface area contributed by atoms with E-state index in [-0.39, 0.29) is 34.7 Å². The van der Waals surface area contributed by atoms with Gasteiger partial charge in [-0.25, -0.2) is 8.42 Å². The van der Waals surface area contributed by atoms with Crippen molar-refractivity contribution in [3.8, 4) is 5.75 Å². The Labute approximate surface area is 184 Å². The maximum Gasteiger partial charge on any atom is 0.265 e. The van der Waals surface area contributed by atoms with E-state index in [1.54, 1.807) is 13.0 Å². The number of anilines is 1. The van der Waals surface area contributed by atoms with Gasteiger partial charge < -0.3 is 15.4 Å². The molecule has 0 spiro atoms. The van der Waals surface area contributed by atoms with E-state index in [0.717, 1.165) is 6.42 Å². The second kappa shape index (κ2) is 8.78. The number of sulfonamides is 1. The van der Waals surface area contributed by atoms with Gasteiger partial charge in [0.25, 0.3) is 5.91 Å². The number of carbonyl (C=O) groups excluding carboxylic acids is 2. The highest BCUT2D eigenvalue weighted by Gasteiger charge is 2.36. The lowest BCUT2D eigenvalue weighted by Gasteiger charge is -2.34. The normalized spacial score (nSPS) is 22.3. The van der Waals surface area contributed by atoms with E-state index >= 15 is 0 Å². The highest BCUT2D eigenvalue weighted by atomic mass is 32.2. The molecule has 2 atom stereocenters. The minimum Gasteiger partial charge on any atom is -0.478 e. The molecule has 0 bridgehead atoms. The molecular formula is C22H33N3O5S. The molecule has 1 fully saturated rings. The number of nitrogens with one attached hydrogen (secondary N) is 2. The van der Waals surface area contributed by atoms with Gasteiger partial charge in [0, 0.05) is 24.7 Å². The molecule has 3 rings (SSSR count). The number of piperidine rings is 1. The number of benzene rings is 1. The number of ether oxygens (including phenoxy) is 1. The molecule has 1 aromatic rings. The summed E-state index contributed by atoms with van der Waals surface area (Å²) < 4.78 is 34.1. The lowest BCUT2D eigenvalue weighted by atomic mass is 9.95. The third-order valence-electron chi connectivity index (χ3n) is 6.19. The van der Waals surface area contributed by atoms with Crippen molar-refractivity contribution in [2.24, 2.45) is 5.92 Å². The summed E-state index contributed by atoms with van der Waals surface area (Å²) in [4.78, 5) is 24.9. The van der Waals surface area contributed by atoms with Gasteiger partial charge in [-0.2, -0.15) is 4.31 Å². The largest absolute Gasteiger partial charge is 0.478 e. The number of aryl methyl sites for hydroxylation is 1. The van der Waals surface area contributed by atoms with Crippen LogP contribution in [0.3, 0.4) is 0 Å². The standard InChI is InChI=1S/C22H33N3O5S/c1-6-17-21(27)23-16-11-14(3)19(12-18(16)30-17)31(28,29)25-10-8-9-15(13-25)20(26)24-22(4,5)7-2/h11-12,15,17H,6-10,13H2,1-5H3,(H,23,27)(H,24,26). The predicted octanol–water partition coefficient (Wildman–Crippen LogP) is 2.81. The minimum absolute atomic E-state index is 0.106. The first-order valence-corrected chi connectivity index (χ1v) is 12.4. The van der Waals surface area contributed by atoms with Crippen LogP contribution in [-0.4, -0.2) is 49.3 Å². The van der Waals surface area contributed by atoms with E-state index in [1.165, 1.54) is 10.4 Å². The lowest BCUT2D eigenvalue weighted by molar-refractivity contribution is -0.127. The number of hydrogen-bond donors (Lipinski definition) is 2. The summed E-state index contributed by atoms with van der Waals surface area (Å²) in [5.41, 5.74) is 0.672.